The van der Waals surface area contributed by atoms with Crippen molar-refractivity contribution in [3.63, 3.8) is 0 Å². The summed E-state index contributed by atoms with van der Waals surface area (Å²) in [6.07, 6.45) is 2.38. The molecule has 0 aliphatic carbocycles. The molecule has 2 heterocycles. The van der Waals surface area contributed by atoms with E-state index in [2.05, 4.69) is 34.3 Å². The average molecular weight is 458 g/mol. The molecule has 0 saturated carbocycles. The van der Waals surface area contributed by atoms with Gasteiger partial charge in [0.05, 0.1) is 23.1 Å². The SMILES string of the molecule is C[Si](C)(C)CCOCN1C(=O)COc2c(-c3cnc(OC(F)F)cn3)ccc(Cl)c21. The van der Waals surface area contributed by atoms with Gasteiger partial charge >= 0.3 is 6.61 Å². The van der Waals surface area contributed by atoms with Crippen LogP contribution in [0.3, 0.4) is 0 Å². The van der Waals surface area contributed by atoms with Crippen LogP contribution in [-0.4, -0.2) is 50.5 Å². The van der Waals surface area contributed by atoms with Gasteiger partial charge in [0, 0.05) is 20.2 Å². The largest absolute Gasteiger partial charge is 0.481 e. The van der Waals surface area contributed by atoms with Crippen molar-refractivity contribution in [2.45, 2.75) is 32.3 Å². The third-order valence-electron chi connectivity index (χ3n) is 4.32. The fourth-order valence-corrected chi connectivity index (χ4v) is 3.77. The molecule has 7 nitrogen and oxygen atoms in total. The van der Waals surface area contributed by atoms with Gasteiger partial charge in [0.25, 0.3) is 5.91 Å². The van der Waals surface area contributed by atoms with E-state index in [4.69, 9.17) is 21.1 Å². The second-order valence-corrected chi connectivity index (χ2v) is 13.9. The van der Waals surface area contributed by atoms with Crippen molar-refractivity contribution in [2.24, 2.45) is 0 Å². The number of anilines is 1. The molecule has 1 aliphatic rings. The van der Waals surface area contributed by atoms with Gasteiger partial charge in [-0.1, -0.05) is 31.2 Å². The van der Waals surface area contributed by atoms with E-state index in [0.29, 0.717) is 34.3 Å². The van der Waals surface area contributed by atoms with E-state index in [1.807, 2.05) is 0 Å². The molecule has 162 valence electrons. The third kappa shape index (κ3) is 5.44. The number of hydrogen-bond donors (Lipinski definition) is 0. The van der Waals surface area contributed by atoms with E-state index in [-0.39, 0.29) is 25.1 Å². The molecule has 11 heteroatoms. The zero-order chi connectivity index (χ0) is 21.9. The highest BCUT2D eigenvalue weighted by Gasteiger charge is 2.31. The predicted molar refractivity (Wildman–Crippen MR) is 111 cm³/mol. The number of aromatic nitrogens is 2. The number of benzene rings is 1. The maximum atomic E-state index is 12.5. The molecule has 0 fully saturated rings. The molecule has 0 radical (unpaired) electrons. The van der Waals surface area contributed by atoms with E-state index in [0.717, 1.165) is 12.2 Å². The lowest BCUT2D eigenvalue weighted by molar-refractivity contribution is -0.122. The molecule has 30 heavy (non-hydrogen) atoms. The minimum absolute atomic E-state index is 0.0513. The summed E-state index contributed by atoms with van der Waals surface area (Å²) < 4.78 is 40.2. The number of hydrogen-bond acceptors (Lipinski definition) is 6. The number of fused-ring (bicyclic) bond motifs is 1. The molecular formula is C19H22ClF2N3O4Si. The number of halogens is 3. The molecule has 0 saturated heterocycles. The minimum atomic E-state index is -2.99. The minimum Gasteiger partial charge on any atom is -0.481 e. The molecule has 0 atom stereocenters. The molecule has 1 amide bonds. The van der Waals surface area contributed by atoms with Crippen LogP contribution in [0.25, 0.3) is 11.3 Å². The van der Waals surface area contributed by atoms with Crippen LogP contribution in [0.1, 0.15) is 0 Å². The summed E-state index contributed by atoms with van der Waals surface area (Å²) >= 11 is 6.37. The lowest BCUT2D eigenvalue weighted by Crippen LogP contribution is -2.41. The van der Waals surface area contributed by atoms with Crippen molar-refractivity contribution >= 4 is 31.3 Å². The van der Waals surface area contributed by atoms with Crippen LogP contribution in [-0.2, 0) is 9.53 Å². The third-order valence-corrected chi connectivity index (χ3v) is 6.33. The monoisotopic (exact) mass is 457 g/mol. The zero-order valence-corrected chi connectivity index (χ0v) is 18.6. The first-order chi connectivity index (χ1) is 14.2. The van der Waals surface area contributed by atoms with Gasteiger partial charge in [-0.2, -0.15) is 8.78 Å². The van der Waals surface area contributed by atoms with Crippen molar-refractivity contribution in [3.05, 3.63) is 29.5 Å². The zero-order valence-electron chi connectivity index (χ0n) is 16.8. The summed E-state index contributed by atoms with van der Waals surface area (Å²) in [6.45, 7) is 4.16. The Morgan fingerprint density at radius 2 is 2.03 bits per heavy atom. The van der Waals surface area contributed by atoms with Gasteiger partial charge in [-0.15, -0.1) is 0 Å². The second-order valence-electron chi connectivity index (χ2n) is 7.85. The smallest absolute Gasteiger partial charge is 0.388 e. The molecular weight excluding hydrogens is 436 g/mol. The molecule has 0 N–H and O–H groups in total. The Hall–Kier alpha value is -2.30. The van der Waals surface area contributed by atoms with Crippen LogP contribution in [0.15, 0.2) is 24.5 Å². The van der Waals surface area contributed by atoms with Crippen LogP contribution < -0.4 is 14.4 Å². The maximum Gasteiger partial charge on any atom is 0.388 e. The van der Waals surface area contributed by atoms with Crippen molar-refractivity contribution in [3.8, 4) is 22.9 Å². The standard InChI is InChI=1S/C19H22ClF2N3O4Si/c1-30(2,3)7-6-27-11-25-16(26)10-28-18-12(4-5-13(20)17(18)25)14-8-24-15(9-23-14)29-19(21)22/h4-5,8-9,19H,6-7,10-11H2,1-3H3. The van der Waals surface area contributed by atoms with Gasteiger partial charge in [0.2, 0.25) is 5.88 Å². The number of carbonyl (C=O) groups excluding carboxylic acids is 1. The normalized spacial score (nSPS) is 14.0. The summed E-state index contributed by atoms with van der Waals surface area (Å²) in [5, 5.41) is 0.321. The van der Waals surface area contributed by atoms with Crippen LogP contribution in [0.5, 0.6) is 11.6 Å². The Balaban J connectivity index is 1.86. The molecule has 0 unspecified atom stereocenters. The number of carbonyl (C=O) groups is 1. The molecule has 0 bridgehead atoms. The summed E-state index contributed by atoms with van der Waals surface area (Å²) in [4.78, 5) is 21.8. The first-order valence-electron chi connectivity index (χ1n) is 9.26. The van der Waals surface area contributed by atoms with Crippen molar-refractivity contribution in [2.75, 3.05) is 24.8 Å². The van der Waals surface area contributed by atoms with Gasteiger partial charge in [-0.05, 0) is 18.2 Å². The fraction of sp³-hybridized carbons (Fsp3) is 0.421. The van der Waals surface area contributed by atoms with E-state index in [9.17, 15) is 13.6 Å². The first kappa shape index (κ1) is 22.4. The molecule has 1 aromatic heterocycles. The summed E-state index contributed by atoms with van der Waals surface area (Å²) in [6, 6.07) is 4.24. The van der Waals surface area contributed by atoms with Gasteiger partial charge in [-0.3, -0.25) is 9.69 Å². The molecule has 1 aliphatic heterocycles. The van der Waals surface area contributed by atoms with Crippen molar-refractivity contribution in [1.82, 2.24) is 9.97 Å². The number of alkyl halides is 2. The quantitative estimate of drug-likeness (QED) is 0.431. The Morgan fingerprint density at radius 1 is 1.27 bits per heavy atom. The molecule has 3 rings (SSSR count). The van der Waals surface area contributed by atoms with Gasteiger partial charge in [0.15, 0.2) is 12.4 Å². The molecule has 2 aromatic rings. The van der Waals surface area contributed by atoms with Crippen molar-refractivity contribution < 1.29 is 27.8 Å². The molecule has 1 aromatic carbocycles. The van der Waals surface area contributed by atoms with Crippen LogP contribution in [0, 0.1) is 0 Å². The average Bonchev–Trinajstić information content (AvgIpc) is 2.66. The topological polar surface area (TPSA) is 73.8 Å². The number of amides is 1. The van der Waals surface area contributed by atoms with Crippen LogP contribution in [0.4, 0.5) is 14.5 Å². The summed E-state index contributed by atoms with van der Waals surface area (Å²) in [5.41, 5.74) is 1.26. The summed E-state index contributed by atoms with van der Waals surface area (Å²) in [7, 11) is -1.26. The Kier molecular flexibility index (Phi) is 6.89. The number of rotatable bonds is 8. The molecule has 0 spiro atoms. The first-order valence-corrected chi connectivity index (χ1v) is 13.3. The fourth-order valence-electron chi connectivity index (χ4n) is 2.76. The van der Waals surface area contributed by atoms with Crippen molar-refractivity contribution in [1.29, 1.82) is 0 Å². The number of nitrogens with zero attached hydrogens (tertiary/aromatic N) is 3. The lowest BCUT2D eigenvalue weighted by atomic mass is 10.1. The Labute approximate surface area is 178 Å². The highest BCUT2D eigenvalue weighted by molar-refractivity contribution is 6.76. The number of ether oxygens (including phenoxy) is 3. The summed E-state index contributed by atoms with van der Waals surface area (Å²) in [5.74, 6) is -0.223. The predicted octanol–water partition coefficient (Wildman–Crippen LogP) is 4.44. The van der Waals surface area contributed by atoms with E-state index < -0.39 is 14.7 Å². The Bertz CT molecular complexity index is 910. The van der Waals surface area contributed by atoms with Gasteiger partial charge in [-0.25, -0.2) is 9.97 Å². The van der Waals surface area contributed by atoms with Crippen LogP contribution >= 0.6 is 11.6 Å². The van der Waals surface area contributed by atoms with E-state index in [1.54, 1.807) is 12.1 Å². The van der Waals surface area contributed by atoms with Crippen LogP contribution in [0.2, 0.25) is 30.7 Å². The van der Waals surface area contributed by atoms with E-state index in [1.165, 1.54) is 11.1 Å². The second kappa shape index (κ2) is 9.23. The highest BCUT2D eigenvalue weighted by atomic mass is 35.5. The Morgan fingerprint density at radius 3 is 2.67 bits per heavy atom. The highest BCUT2D eigenvalue weighted by Crippen LogP contribution is 2.44. The maximum absolute atomic E-state index is 12.5. The van der Waals surface area contributed by atoms with Gasteiger partial charge < -0.3 is 14.2 Å². The van der Waals surface area contributed by atoms with Gasteiger partial charge in [0.1, 0.15) is 12.4 Å². The van der Waals surface area contributed by atoms with E-state index >= 15 is 0 Å². The lowest BCUT2D eigenvalue weighted by Gasteiger charge is -2.31.